The fourth-order valence-corrected chi connectivity index (χ4v) is 4.22. The number of carboxylic acids is 1. The predicted molar refractivity (Wildman–Crippen MR) is 86.1 cm³/mol. The summed E-state index contributed by atoms with van der Waals surface area (Å²) in [4.78, 5) is 11.2. The zero-order chi connectivity index (χ0) is 17.2. The van der Waals surface area contributed by atoms with Crippen LogP contribution in [0.15, 0.2) is 23.1 Å². The van der Waals surface area contributed by atoms with Crippen molar-refractivity contribution in [3.8, 4) is 5.75 Å². The monoisotopic (exact) mass is 341 g/mol. The van der Waals surface area contributed by atoms with E-state index in [-0.39, 0.29) is 24.1 Å². The third-order valence-electron chi connectivity index (χ3n) is 3.95. The van der Waals surface area contributed by atoms with E-state index in [1.54, 1.807) is 18.2 Å². The van der Waals surface area contributed by atoms with Gasteiger partial charge in [0.2, 0.25) is 10.0 Å². The number of piperidine rings is 1. The van der Waals surface area contributed by atoms with Gasteiger partial charge in [0.05, 0.1) is 16.9 Å². The number of benzene rings is 1. The number of hydrogen-bond donors (Lipinski definition) is 1. The average Bonchev–Trinajstić information content (AvgIpc) is 2.49. The lowest BCUT2D eigenvalue weighted by molar-refractivity contribution is -0.142. The van der Waals surface area contributed by atoms with E-state index in [0.717, 1.165) is 5.56 Å². The Morgan fingerprint density at radius 1 is 1.30 bits per heavy atom. The molecule has 1 N–H and O–H groups in total. The van der Waals surface area contributed by atoms with Crippen LogP contribution in [0.4, 0.5) is 0 Å². The summed E-state index contributed by atoms with van der Waals surface area (Å²) in [5.41, 5.74) is 0.764. The highest BCUT2D eigenvalue weighted by Crippen LogP contribution is 2.27. The first-order valence-corrected chi connectivity index (χ1v) is 9.16. The summed E-state index contributed by atoms with van der Waals surface area (Å²) in [6.45, 7) is 6.12. The molecule has 23 heavy (non-hydrogen) atoms. The summed E-state index contributed by atoms with van der Waals surface area (Å²) in [5.74, 6) is -0.637. The van der Waals surface area contributed by atoms with Gasteiger partial charge in [0, 0.05) is 13.1 Å². The van der Waals surface area contributed by atoms with Crippen LogP contribution in [-0.2, 0) is 14.8 Å². The Kier molecular flexibility index (Phi) is 5.31. The molecule has 0 aliphatic carbocycles. The molecule has 0 unspecified atom stereocenters. The first kappa shape index (κ1) is 17.7. The highest BCUT2D eigenvalue weighted by Gasteiger charge is 2.32. The zero-order valence-electron chi connectivity index (χ0n) is 13.7. The number of carbonyl (C=O) groups is 1. The van der Waals surface area contributed by atoms with Crippen molar-refractivity contribution in [1.82, 2.24) is 4.31 Å². The van der Waals surface area contributed by atoms with E-state index >= 15 is 0 Å². The van der Waals surface area contributed by atoms with Crippen LogP contribution in [0.2, 0.25) is 0 Å². The minimum absolute atomic E-state index is 0.0196. The summed E-state index contributed by atoms with van der Waals surface area (Å²) >= 11 is 0. The lowest BCUT2D eigenvalue weighted by Crippen LogP contribution is -2.40. The maximum atomic E-state index is 12.7. The highest BCUT2D eigenvalue weighted by molar-refractivity contribution is 7.89. The van der Waals surface area contributed by atoms with Crippen LogP contribution < -0.4 is 4.74 Å². The van der Waals surface area contributed by atoms with Crippen LogP contribution in [0.1, 0.15) is 32.3 Å². The van der Waals surface area contributed by atoms with E-state index in [0.29, 0.717) is 18.6 Å². The van der Waals surface area contributed by atoms with Gasteiger partial charge in [-0.2, -0.15) is 4.31 Å². The Morgan fingerprint density at radius 3 is 2.39 bits per heavy atom. The SMILES string of the molecule is Cc1cc(S(=O)(=O)N2CCC(C(=O)O)CC2)ccc1OC(C)C. The summed E-state index contributed by atoms with van der Waals surface area (Å²) in [7, 11) is -3.59. The molecule has 1 fully saturated rings. The quantitative estimate of drug-likeness (QED) is 0.888. The van der Waals surface area contributed by atoms with Crippen LogP contribution in [0.3, 0.4) is 0 Å². The van der Waals surface area contributed by atoms with E-state index in [4.69, 9.17) is 9.84 Å². The van der Waals surface area contributed by atoms with Crippen LogP contribution in [0.25, 0.3) is 0 Å². The van der Waals surface area contributed by atoms with Crippen LogP contribution in [0.5, 0.6) is 5.75 Å². The van der Waals surface area contributed by atoms with Crippen molar-refractivity contribution in [3.05, 3.63) is 23.8 Å². The fraction of sp³-hybridized carbons (Fsp3) is 0.562. The van der Waals surface area contributed by atoms with Gasteiger partial charge < -0.3 is 9.84 Å². The van der Waals surface area contributed by atoms with E-state index in [1.165, 1.54) is 4.31 Å². The van der Waals surface area contributed by atoms with Gasteiger partial charge in [-0.05, 0) is 57.4 Å². The largest absolute Gasteiger partial charge is 0.491 e. The summed E-state index contributed by atoms with van der Waals surface area (Å²) in [5, 5.41) is 9.00. The Hall–Kier alpha value is -1.60. The van der Waals surface area contributed by atoms with Gasteiger partial charge >= 0.3 is 5.97 Å². The van der Waals surface area contributed by atoms with Crippen LogP contribution in [-0.4, -0.2) is 43.0 Å². The first-order chi connectivity index (χ1) is 10.7. The summed E-state index contributed by atoms with van der Waals surface area (Å²) in [6.07, 6.45) is 0.718. The molecule has 7 heteroatoms. The zero-order valence-corrected chi connectivity index (χ0v) is 14.5. The lowest BCUT2D eigenvalue weighted by Gasteiger charge is -2.29. The Morgan fingerprint density at radius 2 is 1.91 bits per heavy atom. The second-order valence-corrected chi connectivity index (χ2v) is 8.05. The van der Waals surface area contributed by atoms with Gasteiger partial charge in [-0.3, -0.25) is 4.79 Å². The van der Waals surface area contributed by atoms with Gasteiger partial charge in [0.15, 0.2) is 0 Å². The number of carboxylic acid groups (broad SMARTS) is 1. The second-order valence-electron chi connectivity index (χ2n) is 6.11. The number of rotatable bonds is 5. The van der Waals surface area contributed by atoms with Gasteiger partial charge in [0.1, 0.15) is 5.75 Å². The maximum absolute atomic E-state index is 12.7. The predicted octanol–water partition coefficient (Wildman–Crippen LogP) is 2.27. The van der Waals surface area contributed by atoms with Crippen LogP contribution >= 0.6 is 0 Å². The summed E-state index contributed by atoms with van der Waals surface area (Å²) < 4.78 is 32.4. The molecule has 0 aromatic heterocycles. The van der Waals surface area contributed by atoms with Crippen molar-refractivity contribution in [2.45, 2.75) is 44.6 Å². The molecular weight excluding hydrogens is 318 g/mol. The molecule has 1 aromatic carbocycles. The number of sulfonamides is 1. The molecule has 1 aliphatic heterocycles. The molecular formula is C16H23NO5S. The molecule has 0 bridgehead atoms. The van der Waals surface area contributed by atoms with Crippen molar-refractivity contribution in [2.24, 2.45) is 5.92 Å². The van der Waals surface area contributed by atoms with Gasteiger partial charge in [-0.15, -0.1) is 0 Å². The third-order valence-corrected chi connectivity index (χ3v) is 5.84. The minimum Gasteiger partial charge on any atom is -0.491 e. The number of hydrogen-bond acceptors (Lipinski definition) is 4. The molecule has 1 aliphatic rings. The highest BCUT2D eigenvalue weighted by atomic mass is 32.2. The first-order valence-electron chi connectivity index (χ1n) is 7.72. The lowest BCUT2D eigenvalue weighted by atomic mass is 9.99. The van der Waals surface area contributed by atoms with Gasteiger partial charge in [-0.1, -0.05) is 0 Å². The Bertz CT molecular complexity index is 676. The topological polar surface area (TPSA) is 83.9 Å². The number of nitrogens with zero attached hydrogens (tertiary/aromatic N) is 1. The molecule has 6 nitrogen and oxygen atoms in total. The molecule has 0 radical (unpaired) electrons. The second kappa shape index (κ2) is 6.88. The molecule has 1 aromatic rings. The molecule has 1 saturated heterocycles. The molecule has 128 valence electrons. The number of aryl methyl sites for hydroxylation is 1. The Labute approximate surface area is 137 Å². The average molecular weight is 341 g/mol. The molecule has 0 saturated carbocycles. The fourth-order valence-electron chi connectivity index (χ4n) is 2.66. The minimum atomic E-state index is -3.59. The standard InChI is InChI=1S/C16H23NO5S/c1-11(2)22-15-5-4-14(10-12(15)3)23(20,21)17-8-6-13(7-9-17)16(18)19/h4-5,10-11,13H,6-9H2,1-3H3,(H,18,19). The normalized spacial score (nSPS) is 17.4. The third kappa shape index (κ3) is 4.03. The molecule has 0 spiro atoms. The smallest absolute Gasteiger partial charge is 0.306 e. The van der Waals surface area contributed by atoms with E-state index in [2.05, 4.69) is 0 Å². The van der Waals surface area contributed by atoms with Gasteiger partial charge in [-0.25, -0.2) is 8.42 Å². The maximum Gasteiger partial charge on any atom is 0.306 e. The van der Waals surface area contributed by atoms with Crippen molar-refractivity contribution in [1.29, 1.82) is 0 Å². The van der Waals surface area contributed by atoms with Crippen LogP contribution in [0, 0.1) is 12.8 Å². The van der Waals surface area contributed by atoms with Crippen molar-refractivity contribution in [2.75, 3.05) is 13.1 Å². The molecule has 2 rings (SSSR count). The number of aliphatic carboxylic acids is 1. The summed E-state index contributed by atoms with van der Waals surface area (Å²) in [6, 6.07) is 4.83. The Balaban J connectivity index is 2.17. The number of ether oxygens (including phenoxy) is 1. The molecule has 1 heterocycles. The van der Waals surface area contributed by atoms with Crippen molar-refractivity contribution in [3.63, 3.8) is 0 Å². The van der Waals surface area contributed by atoms with E-state index < -0.39 is 21.9 Å². The van der Waals surface area contributed by atoms with Crippen molar-refractivity contribution >= 4 is 16.0 Å². The molecule has 0 amide bonds. The van der Waals surface area contributed by atoms with E-state index in [1.807, 2.05) is 20.8 Å². The molecule has 0 atom stereocenters. The van der Waals surface area contributed by atoms with E-state index in [9.17, 15) is 13.2 Å². The van der Waals surface area contributed by atoms with Gasteiger partial charge in [0.25, 0.3) is 0 Å². The van der Waals surface area contributed by atoms with Crippen molar-refractivity contribution < 1.29 is 23.1 Å².